The van der Waals surface area contributed by atoms with Gasteiger partial charge in [0.1, 0.15) is 5.76 Å². The number of morpholine rings is 1. The van der Waals surface area contributed by atoms with Gasteiger partial charge < -0.3 is 19.8 Å². The first-order chi connectivity index (χ1) is 12.8. The van der Waals surface area contributed by atoms with E-state index in [0.717, 1.165) is 44.6 Å². The number of aryl methyl sites for hydroxylation is 1. The molecule has 148 valence electrons. The van der Waals surface area contributed by atoms with Gasteiger partial charge in [0.05, 0.1) is 32.1 Å². The van der Waals surface area contributed by atoms with Crippen molar-refractivity contribution in [1.82, 2.24) is 15.5 Å². The van der Waals surface area contributed by atoms with Crippen molar-refractivity contribution in [2.45, 2.75) is 19.5 Å². The minimum Gasteiger partial charge on any atom is -0.467 e. The van der Waals surface area contributed by atoms with Crippen LogP contribution in [0.15, 0.2) is 52.1 Å². The van der Waals surface area contributed by atoms with Crippen LogP contribution < -0.4 is 10.6 Å². The highest BCUT2D eigenvalue weighted by atomic mass is 127. The van der Waals surface area contributed by atoms with E-state index in [0.29, 0.717) is 6.54 Å². The molecule has 7 heteroatoms. The van der Waals surface area contributed by atoms with Crippen molar-refractivity contribution < 1.29 is 9.15 Å². The SMILES string of the molecule is CN=C(NCc1ccco1)NCC(c1cccc(C)c1)N1CCOCC1.I. The Bertz CT molecular complexity index is 700. The average molecular weight is 484 g/mol. The molecule has 1 atom stereocenters. The van der Waals surface area contributed by atoms with Crippen LogP contribution in [0.25, 0.3) is 0 Å². The quantitative estimate of drug-likeness (QED) is 0.375. The first-order valence-corrected chi connectivity index (χ1v) is 9.11. The maximum atomic E-state index is 5.53. The molecular weight excluding hydrogens is 455 g/mol. The first kappa shape index (κ1) is 21.7. The number of furan rings is 1. The number of halogens is 1. The summed E-state index contributed by atoms with van der Waals surface area (Å²) < 4.78 is 10.9. The van der Waals surface area contributed by atoms with Gasteiger partial charge in [-0.2, -0.15) is 0 Å². The summed E-state index contributed by atoms with van der Waals surface area (Å²) in [5.74, 6) is 1.66. The van der Waals surface area contributed by atoms with Crippen LogP contribution in [0.1, 0.15) is 22.9 Å². The molecule has 0 amide bonds. The van der Waals surface area contributed by atoms with Gasteiger partial charge in [-0.15, -0.1) is 24.0 Å². The molecule has 1 fully saturated rings. The van der Waals surface area contributed by atoms with E-state index in [2.05, 4.69) is 51.7 Å². The Kier molecular flexibility index (Phi) is 9.09. The first-order valence-electron chi connectivity index (χ1n) is 9.11. The number of nitrogens with zero attached hydrogens (tertiary/aromatic N) is 2. The maximum Gasteiger partial charge on any atom is 0.191 e. The highest BCUT2D eigenvalue weighted by Crippen LogP contribution is 2.22. The Morgan fingerprint density at radius 3 is 2.67 bits per heavy atom. The Morgan fingerprint density at radius 1 is 1.19 bits per heavy atom. The number of guanidine groups is 1. The van der Waals surface area contributed by atoms with Gasteiger partial charge in [0.25, 0.3) is 0 Å². The summed E-state index contributed by atoms with van der Waals surface area (Å²) in [5, 5.41) is 6.76. The lowest BCUT2D eigenvalue weighted by atomic mass is 10.0. The zero-order chi connectivity index (χ0) is 18.2. The fourth-order valence-electron chi connectivity index (χ4n) is 3.22. The molecule has 1 saturated heterocycles. The normalized spacial score (nSPS) is 16.4. The molecule has 2 heterocycles. The van der Waals surface area contributed by atoms with E-state index < -0.39 is 0 Å². The molecule has 0 spiro atoms. The van der Waals surface area contributed by atoms with E-state index in [1.54, 1.807) is 13.3 Å². The predicted molar refractivity (Wildman–Crippen MR) is 119 cm³/mol. The summed E-state index contributed by atoms with van der Waals surface area (Å²) in [6.07, 6.45) is 1.68. The van der Waals surface area contributed by atoms with E-state index in [1.807, 2.05) is 12.1 Å². The summed E-state index contributed by atoms with van der Waals surface area (Å²) in [6, 6.07) is 12.8. The van der Waals surface area contributed by atoms with Crippen molar-refractivity contribution in [3.05, 3.63) is 59.5 Å². The summed E-state index contributed by atoms with van der Waals surface area (Å²) in [7, 11) is 1.79. The Balaban J connectivity index is 0.00000261. The van der Waals surface area contributed by atoms with Crippen molar-refractivity contribution in [3.63, 3.8) is 0 Å². The van der Waals surface area contributed by atoms with E-state index in [9.17, 15) is 0 Å². The number of aliphatic imine (C=N–C) groups is 1. The van der Waals surface area contributed by atoms with Crippen LogP contribution in [-0.2, 0) is 11.3 Å². The van der Waals surface area contributed by atoms with Crippen molar-refractivity contribution in [1.29, 1.82) is 0 Å². The third-order valence-corrected chi connectivity index (χ3v) is 4.61. The lowest BCUT2D eigenvalue weighted by molar-refractivity contribution is 0.0170. The van der Waals surface area contributed by atoms with E-state index in [4.69, 9.17) is 9.15 Å². The van der Waals surface area contributed by atoms with Crippen LogP contribution in [0.5, 0.6) is 0 Å². The molecule has 27 heavy (non-hydrogen) atoms. The standard InChI is InChI=1S/C20H28N4O2.HI/c1-16-5-3-6-17(13-16)19(24-8-11-25-12-9-24)15-23-20(21-2)22-14-18-7-4-10-26-18;/h3-7,10,13,19H,8-9,11-12,14-15H2,1-2H3,(H2,21,22,23);1H. The molecule has 1 aliphatic heterocycles. The lowest BCUT2D eigenvalue weighted by Gasteiger charge is -2.35. The number of rotatable bonds is 6. The lowest BCUT2D eigenvalue weighted by Crippen LogP contribution is -2.46. The van der Waals surface area contributed by atoms with Gasteiger partial charge in [-0.25, -0.2) is 0 Å². The minimum absolute atomic E-state index is 0. The molecule has 2 N–H and O–H groups in total. The van der Waals surface area contributed by atoms with Crippen LogP contribution >= 0.6 is 24.0 Å². The molecule has 2 aromatic rings. The Morgan fingerprint density at radius 2 is 2.00 bits per heavy atom. The highest BCUT2D eigenvalue weighted by molar-refractivity contribution is 14.0. The second-order valence-corrected chi connectivity index (χ2v) is 6.46. The molecule has 3 rings (SSSR count). The maximum absolute atomic E-state index is 5.53. The zero-order valence-corrected chi connectivity index (χ0v) is 18.3. The zero-order valence-electron chi connectivity index (χ0n) is 16.0. The largest absolute Gasteiger partial charge is 0.467 e. The number of ether oxygens (including phenoxy) is 1. The summed E-state index contributed by atoms with van der Waals surface area (Å²) in [4.78, 5) is 6.80. The van der Waals surface area contributed by atoms with Gasteiger partial charge in [0, 0.05) is 26.7 Å². The summed E-state index contributed by atoms with van der Waals surface area (Å²) in [6.45, 7) is 6.98. The molecule has 0 bridgehead atoms. The molecular formula is C20H29IN4O2. The topological polar surface area (TPSA) is 62.0 Å². The summed E-state index contributed by atoms with van der Waals surface area (Å²) >= 11 is 0. The second kappa shape index (κ2) is 11.3. The van der Waals surface area contributed by atoms with Crippen LogP contribution in [0.4, 0.5) is 0 Å². The Hall–Kier alpha value is -1.58. The monoisotopic (exact) mass is 484 g/mol. The van der Waals surface area contributed by atoms with Gasteiger partial charge in [-0.05, 0) is 24.6 Å². The van der Waals surface area contributed by atoms with Gasteiger partial charge in [0.15, 0.2) is 5.96 Å². The van der Waals surface area contributed by atoms with Gasteiger partial charge in [0.2, 0.25) is 0 Å². The van der Waals surface area contributed by atoms with Gasteiger partial charge in [-0.1, -0.05) is 29.8 Å². The second-order valence-electron chi connectivity index (χ2n) is 6.46. The van der Waals surface area contributed by atoms with Crippen molar-refractivity contribution in [2.24, 2.45) is 4.99 Å². The molecule has 1 aromatic carbocycles. The van der Waals surface area contributed by atoms with Crippen LogP contribution in [0.2, 0.25) is 0 Å². The molecule has 6 nitrogen and oxygen atoms in total. The number of hydrogen-bond acceptors (Lipinski definition) is 4. The van der Waals surface area contributed by atoms with Gasteiger partial charge in [-0.3, -0.25) is 9.89 Å². The molecule has 1 unspecified atom stereocenters. The van der Waals surface area contributed by atoms with Crippen molar-refractivity contribution >= 4 is 29.9 Å². The molecule has 0 aliphatic carbocycles. The van der Waals surface area contributed by atoms with Crippen molar-refractivity contribution in [3.8, 4) is 0 Å². The predicted octanol–water partition coefficient (Wildman–Crippen LogP) is 2.94. The van der Waals surface area contributed by atoms with E-state index in [1.165, 1.54) is 11.1 Å². The highest BCUT2D eigenvalue weighted by Gasteiger charge is 2.23. The smallest absolute Gasteiger partial charge is 0.191 e. The molecule has 1 aromatic heterocycles. The average Bonchev–Trinajstić information content (AvgIpc) is 3.19. The fraction of sp³-hybridized carbons (Fsp3) is 0.450. The third kappa shape index (κ3) is 6.51. The molecule has 0 saturated carbocycles. The summed E-state index contributed by atoms with van der Waals surface area (Å²) in [5.41, 5.74) is 2.60. The number of hydrogen-bond donors (Lipinski definition) is 2. The number of benzene rings is 1. The molecule has 0 radical (unpaired) electrons. The van der Waals surface area contributed by atoms with Crippen molar-refractivity contribution in [2.75, 3.05) is 39.9 Å². The fourth-order valence-corrected chi connectivity index (χ4v) is 3.22. The molecule has 1 aliphatic rings. The third-order valence-electron chi connectivity index (χ3n) is 4.61. The number of nitrogens with one attached hydrogen (secondary N) is 2. The van der Waals surface area contributed by atoms with Gasteiger partial charge >= 0.3 is 0 Å². The Labute approximate surface area is 178 Å². The van der Waals surface area contributed by atoms with Crippen LogP contribution in [-0.4, -0.2) is 50.8 Å². The van der Waals surface area contributed by atoms with E-state index >= 15 is 0 Å². The van der Waals surface area contributed by atoms with Crippen LogP contribution in [0, 0.1) is 6.92 Å². The van der Waals surface area contributed by atoms with Crippen LogP contribution in [0.3, 0.4) is 0 Å². The van der Waals surface area contributed by atoms with E-state index in [-0.39, 0.29) is 30.0 Å². The minimum atomic E-state index is 0.